The second-order valence-electron chi connectivity index (χ2n) is 4.53. The first-order valence-corrected chi connectivity index (χ1v) is 7.01. The fraction of sp³-hybridized carbons (Fsp3) is 0.500. The predicted octanol–water partition coefficient (Wildman–Crippen LogP) is 3.45. The van der Waals surface area contributed by atoms with Crippen LogP contribution in [-0.4, -0.2) is 18.2 Å². The summed E-state index contributed by atoms with van der Waals surface area (Å²) in [6.07, 6.45) is 1.48. The van der Waals surface area contributed by atoms with E-state index in [0.717, 1.165) is 12.8 Å². The maximum absolute atomic E-state index is 12.0. The van der Waals surface area contributed by atoms with Gasteiger partial charge in [0.25, 0.3) is 0 Å². The van der Waals surface area contributed by atoms with E-state index in [1.807, 2.05) is 26.8 Å². The van der Waals surface area contributed by atoms with E-state index in [0.29, 0.717) is 17.7 Å². The first kappa shape index (κ1) is 16.0. The molecule has 0 N–H and O–H groups in total. The monoisotopic (exact) mass is 275 g/mol. The van der Waals surface area contributed by atoms with Crippen LogP contribution in [0.15, 0.2) is 24.3 Å². The van der Waals surface area contributed by atoms with Gasteiger partial charge in [-0.25, -0.2) is 4.79 Å². The lowest BCUT2D eigenvalue weighted by Gasteiger charge is -2.20. The molecular formula is C16H21NO3. The van der Waals surface area contributed by atoms with Gasteiger partial charge in [0.05, 0.1) is 11.6 Å². The zero-order valence-electron chi connectivity index (χ0n) is 12.3. The highest BCUT2D eigenvalue weighted by Crippen LogP contribution is 2.16. The molecule has 0 heterocycles. The van der Waals surface area contributed by atoms with E-state index in [4.69, 9.17) is 14.7 Å². The van der Waals surface area contributed by atoms with Crippen LogP contribution >= 0.6 is 0 Å². The number of rotatable bonds is 7. The lowest BCUT2D eigenvalue weighted by molar-refractivity contribution is -0.158. The normalized spacial score (nSPS) is 11.8. The van der Waals surface area contributed by atoms with E-state index < -0.39 is 6.10 Å². The molecule has 1 atom stereocenters. The molecule has 1 unspecified atom stereocenters. The highest BCUT2D eigenvalue weighted by Gasteiger charge is 2.22. The number of carbonyl (C=O) groups excluding carboxylic acids is 1. The third kappa shape index (κ3) is 4.58. The minimum atomic E-state index is -0.608. The topological polar surface area (TPSA) is 59.3 Å². The number of hydrogen-bond donors (Lipinski definition) is 0. The minimum absolute atomic E-state index is 0.0545. The van der Waals surface area contributed by atoms with Crippen molar-refractivity contribution >= 4 is 5.97 Å². The summed E-state index contributed by atoms with van der Waals surface area (Å²) in [5.41, 5.74) is 0.560. The summed E-state index contributed by atoms with van der Waals surface area (Å²) < 4.78 is 11.0. The number of benzene rings is 1. The highest BCUT2D eigenvalue weighted by molar-refractivity contribution is 5.75. The van der Waals surface area contributed by atoms with Crippen LogP contribution < -0.4 is 4.74 Å². The van der Waals surface area contributed by atoms with Gasteiger partial charge in [-0.15, -0.1) is 0 Å². The van der Waals surface area contributed by atoms with Crippen LogP contribution in [0.3, 0.4) is 0 Å². The molecule has 4 heteroatoms. The van der Waals surface area contributed by atoms with Gasteiger partial charge in [-0.2, -0.15) is 5.26 Å². The maximum atomic E-state index is 12.0. The van der Waals surface area contributed by atoms with Crippen molar-refractivity contribution in [1.82, 2.24) is 0 Å². The average molecular weight is 275 g/mol. The van der Waals surface area contributed by atoms with Crippen molar-refractivity contribution in [3.8, 4) is 11.8 Å². The Labute approximate surface area is 120 Å². The summed E-state index contributed by atoms with van der Waals surface area (Å²) in [6.45, 7) is 5.86. The van der Waals surface area contributed by atoms with Crippen LogP contribution in [0.25, 0.3) is 0 Å². The van der Waals surface area contributed by atoms with Crippen molar-refractivity contribution in [1.29, 1.82) is 5.26 Å². The summed E-state index contributed by atoms with van der Waals surface area (Å²) in [5.74, 6) is 0.239. The maximum Gasteiger partial charge on any atom is 0.347 e. The van der Waals surface area contributed by atoms with E-state index in [-0.39, 0.29) is 12.1 Å². The zero-order valence-corrected chi connectivity index (χ0v) is 12.3. The fourth-order valence-corrected chi connectivity index (χ4v) is 1.77. The van der Waals surface area contributed by atoms with Gasteiger partial charge in [-0.05, 0) is 43.5 Å². The second-order valence-corrected chi connectivity index (χ2v) is 4.53. The Hall–Kier alpha value is -2.02. The molecule has 0 saturated heterocycles. The molecule has 20 heavy (non-hydrogen) atoms. The molecule has 0 aliphatic carbocycles. The van der Waals surface area contributed by atoms with Crippen molar-refractivity contribution in [3.05, 3.63) is 29.8 Å². The van der Waals surface area contributed by atoms with Crippen LogP contribution in [0.1, 0.15) is 45.6 Å². The van der Waals surface area contributed by atoms with Gasteiger partial charge >= 0.3 is 5.97 Å². The SMILES string of the molecule is CCC(CC)OC(=O)C(CC)Oc1ccc(C#N)cc1. The predicted molar refractivity (Wildman–Crippen MR) is 76.3 cm³/mol. The van der Waals surface area contributed by atoms with Gasteiger partial charge in [0.1, 0.15) is 11.9 Å². The molecule has 1 rings (SSSR count). The first-order chi connectivity index (χ1) is 9.64. The zero-order chi connectivity index (χ0) is 15.0. The van der Waals surface area contributed by atoms with Gasteiger partial charge in [-0.3, -0.25) is 0 Å². The van der Waals surface area contributed by atoms with Gasteiger partial charge in [0.2, 0.25) is 0 Å². The standard InChI is InChI=1S/C16H21NO3/c1-4-13(5-2)20-16(18)15(6-3)19-14-9-7-12(11-17)8-10-14/h7-10,13,15H,4-6H2,1-3H3. The molecule has 0 fully saturated rings. The minimum Gasteiger partial charge on any atom is -0.479 e. The lowest BCUT2D eigenvalue weighted by atomic mass is 10.2. The molecule has 1 aromatic rings. The van der Waals surface area contributed by atoms with E-state index in [9.17, 15) is 4.79 Å². The Morgan fingerprint density at radius 2 is 1.75 bits per heavy atom. The summed E-state index contributed by atoms with van der Waals surface area (Å²) in [4.78, 5) is 12.0. The van der Waals surface area contributed by atoms with Crippen LogP contribution in [-0.2, 0) is 9.53 Å². The van der Waals surface area contributed by atoms with Gasteiger partial charge in [0.15, 0.2) is 6.10 Å². The van der Waals surface area contributed by atoms with Crippen molar-refractivity contribution < 1.29 is 14.3 Å². The van der Waals surface area contributed by atoms with Crippen molar-refractivity contribution in [2.45, 2.75) is 52.2 Å². The third-order valence-corrected chi connectivity index (χ3v) is 3.09. The molecule has 0 amide bonds. The van der Waals surface area contributed by atoms with Crippen molar-refractivity contribution in [2.24, 2.45) is 0 Å². The molecule has 0 aliphatic heterocycles. The number of nitrogens with zero attached hydrogens (tertiary/aromatic N) is 1. The van der Waals surface area contributed by atoms with Gasteiger partial charge < -0.3 is 9.47 Å². The smallest absolute Gasteiger partial charge is 0.347 e. The molecule has 0 bridgehead atoms. The first-order valence-electron chi connectivity index (χ1n) is 7.01. The van der Waals surface area contributed by atoms with Crippen LogP contribution in [0, 0.1) is 11.3 Å². The fourth-order valence-electron chi connectivity index (χ4n) is 1.77. The van der Waals surface area contributed by atoms with E-state index >= 15 is 0 Å². The third-order valence-electron chi connectivity index (χ3n) is 3.09. The van der Waals surface area contributed by atoms with Crippen LogP contribution in [0.4, 0.5) is 0 Å². The Bertz CT molecular complexity index is 458. The van der Waals surface area contributed by atoms with Crippen molar-refractivity contribution in [2.75, 3.05) is 0 Å². The average Bonchev–Trinajstić information content (AvgIpc) is 2.50. The van der Waals surface area contributed by atoms with Crippen LogP contribution in [0.2, 0.25) is 0 Å². The lowest BCUT2D eigenvalue weighted by Crippen LogP contribution is -2.31. The number of nitriles is 1. The molecule has 0 radical (unpaired) electrons. The van der Waals surface area contributed by atoms with E-state index in [1.165, 1.54) is 0 Å². The Morgan fingerprint density at radius 3 is 2.20 bits per heavy atom. The Morgan fingerprint density at radius 1 is 1.15 bits per heavy atom. The van der Waals surface area contributed by atoms with E-state index in [2.05, 4.69) is 0 Å². The highest BCUT2D eigenvalue weighted by atomic mass is 16.6. The molecule has 0 aliphatic rings. The summed E-state index contributed by atoms with van der Waals surface area (Å²) in [7, 11) is 0. The van der Waals surface area contributed by atoms with E-state index in [1.54, 1.807) is 24.3 Å². The van der Waals surface area contributed by atoms with Gasteiger partial charge in [0, 0.05) is 0 Å². The summed E-state index contributed by atoms with van der Waals surface area (Å²) in [5, 5.41) is 8.73. The number of hydrogen-bond acceptors (Lipinski definition) is 4. The molecule has 0 aromatic heterocycles. The number of esters is 1. The second kappa shape index (κ2) is 8.21. The molecule has 0 spiro atoms. The quantitative estimate of drug-likeness (QED) is 0.715. The number of ether oxygens (including phenoxy) is 2. The molecule has 1 aromatic carbocycles. The molecule has 0 saturated carbocycles. The Balaban J connectivity index is 2.66. The van der Waals surface area contributed by atoms with Gasteiger partial charge in [-0.1, -0.05) is 20.8 Å². The molecule has 4 nitrogen and oxygen atoms in total. The van der Waals surface area contributed by atoms with Crippen LogP contribution in [0.5, 0.6) is 5.75 Å². The molecular weight excluding hydrogens is 254 g/mol. The number of carbonyl (C=O) groups is 1. The Kier molecular flexibility index (Phi) is 6.58. The largest absolute Gasteiger partial charge is 0.479 e. The van der Waals surface area contributed by atoms with Crippen molar-refractivity contribution in [3.63, 3.8) is 0 Å². The summed E-state index contributed by atoms with van der Waals surface area (Å²) in [6, 6.07) is 8.73. The summed E-state index contributed by atoms with van der Waals surface area (Å²) >= 11 is 0. The molecule has 108 valence electrons.